The van der Waals surface area contributed by atoms with Crippen molar-refractivity contribution in [2.45, 2.75) is 32.1 Å². The molecule has 3 rings (SSSR count). The zero-order valence-electron chi connectivity index (χ0n) is 6.77. The first-order chi connectivity index (χ1) is 5.24. The third-order valence-electron chi connectivity index (χ3n) is 3.43. The topological polar surface area (TPSA) is 20.2 Å². The van der Waals surface area contributed by atoms with Crippen molar-refractivity contribution in [1.82, 2.24) is 0 Å². The molecule has 2 heteroatoms. The van der Waals surface area contributed by atoms with Crippen LogP contribution in [-0.2, 0) is 0 Å². The summed E-state index contributed by atoms with van der Waals surface area (Å²) >= 11 is 0. The molecule has 11 heavy (non-hydrogen) atoms. The van der Waals surface area contributed by atoms with Crippen LogP contribution in [0.1, 0.15) is 32.1 Å². The average molecular weight is 158 g/mol. The van der Waals surface area contributed by atoms with Gasteiger partial charge in [-0.2, -0.15) is 0 Å². The minimum atomic E-state index is -0.173. The lowest BCUT2D eigenvalue weighted by Gasteiger charge is -2.70. The summed E-state index contributed by atoms with van der Waals surface area (Å²) < 4.78 is 11.8. The zero-order valence-corrected chi connectivity index (χ0v) is 6.77. The molecule has 2 bridgehead atoms. The molecule has 0 unspecified atom stereocenters. The highest BCUT2D eigenvalue weighted by molar-refractivity contribution is 5.16. The minimum absolute atomic E-state index is 0.173. The van der Waals surface area contributed by atoms with Crippen LogP contribution in [0.15, 0.2) is 0 Å². The van der Waals surface area contributed by atoms with E-state index in [9.17, 15) is 4.39 Å². The highest BCUT2D eigenvalue weighted by atomic mass is 19.1. The number of rotatable bonds is 4. The second-order valence-corrected chi connectivity index (χ2v) is 4.48. The lowest BCUT2D eigenvalue weighted by molar-refractivity contribution is -0.227. The van der Waals surface area contributed by atoms with E-state index < -0.39 is 0 Å². The van der Waals surface area contributed by atoms with Crippen molar-refractivity contribution in [2.24, 2.45) is 10.8 Å². The Bertz CT molecular complexity index is 141. The van der Waals surface area contributed by atoms with E-state index in [2.05, 4.69) is 0 Å². The molecule has 0 aliphatic heterocycles. The van der Waals surface area contributed by atoms with Crippen LogP contribution in [0.25, 0.3) is 0 Å². The number of alkyl halides is 1. The molecule has 0 aromatic carbocycles. The smallest absolute Gasteiger partial charge is 0.0894 e. The molecule has 0 amide bonds. The molecule has 1 N–H and O–H groups in total. The van der Waals surface area contributed by atoms with Crippen LogP contribution in [0.5, 0.6) is 0 Å². The molecule has 0 atom stereocenters. The summed E-state index contributed by atoms with van der Waals surface area (Å²) in [5.41, 5.74) is 0.783. The predicted molar refractivity (Wildman–Crippen MR) is 41.0 cm³/mol. The van der Waals surface area contributed by atoms with Crippen molar-refractivity contribution in [1.29, 1.82) is 0 Å². The van der Waals surface area contributed by atoms with Crippen LogP contribution in [0.3, 0.4) is 0 Å². The predicted octanol–water partition coefficient (Wildman–Crippen LogP) is 1.90. The summed E-state index contributed by atoms with van der Waals surface area (Å²) in [6, 6.07) is 0. The maximum atomic E-state index is 11.8. The first-order valence-corrected chi connectivity index (χ1v) is 4.41. The lowest BCUT2D eigenvalue weighted by atomic mass is 9.34. The third-order valence-corrected chi connectivity index (χ3v) is 3.43. The van der Waals surface area contributed by atoms with Gasteiger partial charge in [0.1, 0.15) is 0 Å². The Morgan fingerprint density at radius 1 is 1.18 bits per heavy atom. The number of aliphatic hydroxyl groups excluding tert-OH is 1. The number of aliphatic hydroxyl groups is 1. The number of hydrogen-bond donors (Lipinski definition) is 1. The Balaban J connectivity index is 1.76. The summed E-state index contributed by atoms with van der Waals surface area (Å²) in [5, 5.41) is 8.95. The minimum Gasteiger partial charge on any atom is -0.396 e. The number of hydrogen-bond acceptors (Lipinski definition) is 1. The fourth-order valence-electron chi connectivity index (χ4n) is 3.11. The maximum absolute atomic E-state index is 11.8. The summed E-state index contributed by atoms with van der Waals surface area (Å²) in [6.45, 7) is 0.179. The molecular formula is C9H15FO. The van der Waals surface area contributed by atoms with Crippen molar-refractivity contribution in [2.75, 3.05) is 13.3 Å². The van der Waals surface area contributed by atoms with E-state index in [1.165, 1.54) is 0 Å². The Hall–Kier alpha value is -0.110. The van der Waals surface area contributed by atoms with Gasteiger partial charge in [0, 0.05) is 6.61 Å². The van der Waals surface area contributed by atoms with E-state index in [4.69, 9.17) is 5.11 Å². The van der Waals surface area contributed by atoms with Crippen molar-refractivity contribution >= 4 is 0 Å². The molecular weight excluding hydrogens is 143 g/mol. The third kappa shape index (κ3) is 0.919. The molecule has 0 heterocycles. The fraction of sp³-hybridized carbons (Fsp3) is 1.00. The van der Waals surface area contributed by atoms with E-state index >= 15 is 0 Å². The molecule has 0 aromatic heterocycles. The van der Waals surface area contributed by atoms with Gasteiger partial charge >= 0.3 is 0 Å². The van der Waals surface area contributed by atoms with Gasteiger partial charge < -0.3 is 5.11 Å². The Morgan fingerprint density at radius 2 is 1.82 bits per heavy atom. The largest absolute Gasteiger partial charge is 0.396 e. The molecule has 1 nitrogen and oxygen atoms in total. The summed E-state index contributed by atoms with van der Waals surface area (Å²) in [6.07, 6.45) is 5.26. The first-order valence-electron chi connectivity index (χ1n) is 4.41. The Kier molecular flexibility index (Phi) is 1.50. The molecule has 64 valence electrons. The van der Waals surface area contributed by atoms with Gasteiger partial charge in [-0.1, -0.05) is 0 Å². The molecule has 3 aliphatic carbocycles. The Morgan fingerprint density at radius 3 is 2.27 bits per heavy atom. The molecule has 0 saturated heterocycles. The van der Waals surface area contributed by atoms with Gasteiger partial charge in [0.15, 0.2) is 0 Å². The normalized spacial score (nSPS) is 46.4. The SMILES string of the molecule is OCC12CC(CCCF)(C1)C2. The lowest BCUT2D eigenvalue weighted by Crippen LogP contribution is -2.63. The first kappa shape index (κ1) is 7.53. The molecule has 0 radical (unpaired) electrons. The van der Waals surface area contributed by atoms with Gasteiger partial charge in [0.05, 0.1) is 6.67 Å². The molecule has 0 aromatic rings. The second-order valence-electron chi connectivity index (χ2n) is 4.48. The van der Waals surface area contributed by atoms with E-state index in [1.807, 2.05) is 0 Å². The van der Waals surface area contributed by atoms with Gasteiger partial charge in [-0.25, -0.2) is 0 Å². The summed E-state index contributed by atoms with van der Waals surface area (Å²) in [5.74, 6) is 0. The summed E-state index contributed by atoms with van der Waals surface area (Å²) in [4.78, 5) is 0. The van der Waals surface area contributed by atoms with Crippen molar-refractivity contribution in [3.05, 3.63) is 0 Å². The van der Waals surface area contributed by atoms with Gasteiger partial charge in [-0.3, -0.25) is 4.39 Å². The monoisotopic (exact) mass is 158 g/mol. The van der Waals surface area contributed by atoms with Crippen molar-refractivity contribution < 1.29 is 9.50 Å². The van der Waals surface area contributed by atoms with Crippen LogP contribution in [0, 0.1) is 10.8 Å². The highest BCUT2D eigenvalue weighted by Gasteiger charge is 2.66. The van der Waals surface area contributed by atoms with Crippen LogP contribution < -0.4 is 0 Å². The molecule has 0 spiro atoms. The van der Waals surface area contributed by atoms with Gasteiger partial charge in [0.25, 0.3) is 0 Å². The maximum Gasteiger partial charge on any atom is 0.0894 e. The number of halogens is 1. The zero-order chi connectivity index (χ0) is 7.95. The molecule has 3 saturated carbocycles. The van der Waals surface area contributed by atoms with Gasteiger partial charge in [-0.05, 0) is 42.9 Å². The molecule has 3 fully saturated rings. The van der Waals surface area contributed by atoms with Crippen molar-refractivity contribution in [3.8, 4) is 0 Å². The molecule has 3 aliphatic rings. The highest BCUT2D eigenvalue weighted by Crippen LogP contribution is 2.74. The summed E-state index contributed by atoms with van der Waals surface area (Å²) in [7, 11) is 0. The quantitative estimate of drug-likeness (QED) is 0.662. The van der Waals surface area contributed by atoms with Gasteiger partial charge in [-0.15, -0.1) is 0 Å². The van der Waals surface area contributed by atoms with E-state index in [0.29, 0.717) is 17.4 Å². The van der Waals surface area contributed by atoms with E-state index in [1.54, 1.807) is 0 Å². The van der Waals surface area contributed by atoms with Crippen LogP contribution >= 0.6 is 0 Å². The second kappa shape index (κ2) is 2.19. The van der Waals surface area contributed by atoms with E-state index in [0.717, 1.165) is 32.1 Å². The standard InChI is InChI=1S/C9H15FO/c10-3-1-2-8-4-9(5-8,6-8)7-11/h11H,1-7H2. The van der Waals surface area contributed by atoms with Crippen LogP contribution in [0.2, 0.25) is 0 Å². The van der Waals surface area contributed by atoms with E-state index in [-0.39, 0.29) is 6.67 Å². The van der Waals surface area contributed by atoms with Crippen LogP contribution in [-0.4, -0.2) is 18.4 Å². The van der Waals surface area contributed by atoms with Crippen molar-refractivity contribution in [3.63, 3.8) is 0 Å². The van der Waals surface area contributed by atoms with Crippen LogP contribution in [0.4, 0.5) is 4.39 Å². The average Bonchev–Trinajstić information content (AvgIpc) is 1.83. The Labute approximate surface area is 66.6 Å². The fourth-order valence-corrected chi connectivity index (χ4v) is 3.11. The van der Waals surface area contributed by atoms with Gasteiger partial charge in [0.2, 0.25) is 0 Å².